The van der Waals surface area contributed by atoms with Gasteiger partial charge in [0.25, 0.3) is 5.91 Å². The van der Waals surface area contributed by atoms with E-state index in [2.05, 4.69) is 18.7 Å². The molecule has 2 atom stereocenters. The van der Waals surface area contributed by atoms with Crippen LogP contribution in [0.25, 0.3) is 0 Å². The molecule has 0 N–H and O–H groups in total. The van der Waals surface area contributed by atoms with Gasteiger partial charge in [0, 0.05) is 44.2 Å². The van der Waals surface area contributed by atoms with Gasteiger partial charge in [0.05, 0.1) is 11.7 Å². The predicted octanol–water partition coefficient (Wildman–Crippen LogP) is 2.71. The molecule has 0 aliphatic carbocycles. The van der Waals surface area contributed by atoms with Crippen LogP contribution in [0.15, 0.2) is 16.8 Å². The molecule has 5 heteroatoms. The summed E-state index contributed by atoms with van der Waals surface area (Å²) in [7, 11) is 1.82. The molecule has 0 spiro atoms. The Morgan fingerprint density at radius 3 is 2.64 bits per heavy atom. The Labute approximate surface area is 137 Å². The van der Waals surface area contributed by atoms with Gasteiger partial charge in [-0.25, -0.2) is 0 Å². The maximum Gasteiger partial charge on any atom is 0.254 e. The van der Waals surface area contributed by atoms with Crippen molar-refractivity contribution in [3.63, 3.8) is 0 Å². The largest absolute Gasteiger partial charge is 0.378 e. The number of ether oxygens (including phenoxy) is 1. The smallest absolute Gasteiger partial charge is 0.254 e. The van der Waals surface area contributed by atoms with Crippen LogP contribution in [0.2, 0.25) is 0 Å². The summed E-state index contributed by atoms with van der Waals surface area (Å²) in [6, 6.07) is 3.03. The molecule has 3 heterocycles. The maximum atomic E-state index is 12.4. The average Bonchev–Trinajstić information content (AvgIpc) is 3.00. The second kappa shape index (κ2) is 6.69. The summed E-state index contributed by atoms with van der Waals surface area (Å²) in [6.07, 6.45) is 2.54. The molecule has 0 aromatic carbocycles. The van der Waals surface area contributed by atoms with E-state index in [0.29, 0.717) is 24.1 Å². The summed E-state index contributed by atoms with van der Waals surface area (Å²) >= 11 is 1.59. The number of methoxy groups -OCH3 is 1. The number of hydrogen-bond donors (Lipinski definition) is 0. The summed E-state index contributed by atoms with van der Waals surface area (Å²) in [5.74, 6) is 0.838. The lowest BCUT2D eigenvalue weighted by Crippen LogP contribution is -2.66. The van der Waals surface area contributed by atoms with Crippen molar-refractivity contribution in [1.29, 1.82) is 0 Å². The molecule has 1 aromatic heterocycles. The molecule has 0 radical (unpaired) electrons. The first-order chi connectivity index (χ1) is 10.6. The molecule has 1 aromatic rings. The van der Waals surface area contributed by atoms with E-state index in [-0.39, 0.29) is 5.91 Å². The van der Waals surface area contributed by atoms with Crippen LogP contribution in [0.4, 0.5) is 0 Å². The molecule has 1 amide bonds. The van der Waals surface area contributed by atoms with Crippen molar-refractivity contribution in [2.24, 2.45) is 5.92 Å². The SMILES string of the molecule is CO[C@H]1CN(C(C)C)[C@H]1C1CCN(C(=O)c2ccsc2)CC1. The van der Waals surface area contributed by atoms with Gasteiger partial charge in [0.1, 0.15) is 0 Å². The van der Waals surface area contributed by atoms with Crippen LogP contribution in [0.5, 0.6) is 0 Å². The quantitative estimate of drug-likeness (QED) is 0.854. The summed E-state index contributed by atoms with van der Waals surface area (Å²) in [6.45, 7) is 7.31. The Morgan fingerprint density at radius 1 is 1.36 bits per heavy atom. The van der Waals surface area contributed by atoms with Crippen molar-refractivity contribution in [2.45, 2.75) is 44.9 Å². The fourth-order valence-electron chi connectivity index (χ4n) is 3.87. The van der Waals surface area contributed by atoms with Gasteiger partial charge in [0.15, 0.2) is 0 Å². The highest BCUT2D eigenvalue weighted by molar-refractivity contribution is 7.08. The van der Waals surface area contributed by atoms with E-state index in [1.807, 2.05) is 28.8 Å². The first-order valence-corrected chi connectivity index (χ1v) is 9.16. The number of nitrogens with zero attached hydrogens (tertiary/aromatic N) is 2. The first-order valence-electron chi connectivity index (χ1n) is 8.21. The number of thiophene rings is 1. The van der Waals surface area contributed by atoms with E-state index < -0.39 is 0 Å². The Morgan fingerprint density at radius 2 is 2.09 bits per heavy atom. The van der Waals surface area contributed by atoms with Crippen LogP contribution in [-0.4, -0.2) is 60.6 Å². The van der Waals surface area contributed by atoms with Gasteiger partial charge in [-0.15, -0.1) is 0 Å². The Hall–Kier alpha value is -0.910. The van der Waals surface area contributed by atoms with Gasteiger partial charge in [-0.2, -0.15) is 11.3 Å². The zero-order valence-corrected chi connectivity index (χ0v) is 14.5. The minimum Gasteiger partial charge on any atom is -0.378 e. The zero-order chi connectivity index (χ0) is 15.7. The lowest BCUT2D eigenvalue weighted by Gasteiger charge is -2.54. The van der Waals surface area contributed by atoms with E-state index >= 15 is 0 Å². The number of rotatable bonds is 4. The minimum absolute atomic E-state index is 0.192. The summed E-state index contributed by atoms with van der Waals surface area (Å²) in [5, 5.41) is 3.92. The van der Waals surface area contributed by atoms with E-state index in [1.54, 1.807) is 11.3 Å². The number of amides is 1. The molecule has 0 unspecified atom stereocenters. The van der Waals surface area contributed by atoms with Crippen LogP contribution in [0, 0.1) is 5.92 Å². The third-order valence-corrected chi connectivity index (χ3v) is 5.88. The summed E-state index contributed by atoms with van der Waals surface area (Å²) < 4.78 is 5.64. The lowest BCUT2D eigenvalue weighted by atomic mass is 9.79. The summed E-state index contributed by atoms with van der Waals surface area (Å²) in [5.41, 5.74) is 0.839. The predicted molar refractivity (Wildman–Crippen MR) is 89.4 cm³/mol. The Balaban J connectivity index is 1.58. The van der Waals surface area contributed by atoms with Crippen molar-refractivity contribution in [3.8, 4) is 0 Å². The number of piperidine rings is 1. The highest BCUT2D eigenvalue weighted by Crippen LogP contribution is 2.35. The highest BCUT2D eigenvalue weighted by Gasteiger charge is 2.45. The number of carbonyl (C=O) groups excluding carboxylic acids is 1. The third kappa shape index (κ3) is 2.94. The Kier molecular flexibility index (Phi) is 4.85. The molecule has 0 saturated carbocycles. The van der Waals surface area contributed by atoms with Gasteiger partial charge in [-0.3, -0.25) is 9.69 Å². The van der Waals surface area contributed by atoms with Gasteiger partial charge in [-0.05, 0) is 44.1 Å². The van der Waals surface area contributed by atoms with E-state index in [0.717, 1.165) is 38.0 Å². The van der Waals surface area contributed by atoms with Crippen molar-refractivity contribution >= 4 is 17.2 Å². The molecule has 2 aliphatic rings. The van der Waals surface area contributed by atoms with Gasteiger partial charge >= 0.3 is 0 Å². The molecule has 3 rings (SSSR count). The number of hydrogen-bond acceptors (Lipinski definition) is 4. The van der Waals surface area contributed by atoms with Crippen LogP contribution < -0.4 is 0 Å². The summed E-state index contributed by atoms with van der Waals surface area (Å²) in [4.78, 5) is 17.0. The van der Waals surface area contributed by atoms with E-state index in [1.165, 1.54) is 0 Å². The second-order valence-corrected chi connectivity index (χ2v) is 7.48. The molecule has 2 aliphatic heterocycles. The topological polar surface area (TPSA) is 32.8 Å². The highest BCUT2D eigenvalue weighted by atomic mass is 32.1. The van der Waals surface area contributed by atoms with Crippen molar-refractivity contribution in [2.75, 3.05) is 26.7 Å². The molecule has 2 fully saturated rings. The third-order valence-electron chi connectivity index (χ3n) is 5.20. The van der Waals surface area contributed by atoms with Gasteiger partial charge in [0.2, 0.25) is 0 Å². The molecule has 22 heavy (non-hydrogen) atoms. The zero-order valence-electron chi connectivity index (χ0n) is 13.7. The molecule has 0 bridgehead atoms. The Bertz CT molecular complexity index is 495. The maximum absolute atomic E-state index is 12.4. The van der Waals surface area contributed by atoms with E-state index in [4.69, 9.17) is 4.74 Å². The standard InChI is InChI=1S/C17H26N2O2S/c1-12(2)19-10-15(21-3)16(19)13-4-7-18(8-5-13)17(20)14-6-9-22-11-14/h6,9,11-13,15-16H,4-5,7-8,10H2,1-3H3/t15-,16-/m0/s1. The van der Waals surface area contributed by atoms with Crippen LogP contribution in [-0.2, 0) is 4.74 Å². The molecule has 122 valence electrons. The lowest BCUT2D eigenvalue weighted by molar-refractivity contribution is -0.128. The van der Waals surface area contributed by atoms with Crippen molar-refractivity contribution in [1.82, 2.24) is 9.80 Å². The van der Waals surface area contributed by atoms with Crippen molar-refractivity contribution < 1.29 is 9.53 Å². The number of carbonyl (C=O) groups is 1. The molecular formula is C17H26N2O2S. The van der Waals surface area contributed by atoms with Crippen LogP contribution in [0.3, 0.4) is 0 Å². The van der Waals surface area contributed by atoms with Crippen LogP contribution >= 0.6 is 11.3 Å². The molecule has 2 saturated heterocycles. The van der Waals surface area contributed by atoms with E-state index in [9.17, 15) is 4.79 Å². The van der Waals surface area contributed by atoms with Crippen molar-refractivity contribution in [3.05, 3.63) is 22.4 Å². The first kappa shape index (κ1) is 16.0. The minimum atomic E-state index is 0.192. The second-order valence-electron chi connectivity index (χ2n) is 6.70. The van der Waals surface area contributed by atoms with Crippen LogP contribution in [0.1, 0.15) is 37.0 Å². The number of likely N-dealkylation sites (tertiary alicyclic amines) is 2. The average molecular weight is 322 g/mol. The molecule has 4 nitrogen and oxygen atoms in total. The fraction of sp³-hybridized carbons (Fsp3) is 0.706. The molecular weight excluding hydrogens is 296 g/mol. The fourth-order valence-corrected chi connectivity index (χ4v) is 4.50. The monoisotopic (exact) mass is 322 g/mol. The van der Waals surface area contributed by atoms with Gasteiger partial charge < -0.3 is 9.64 Å². The normalized spacial score (nSPS) is 27.2. The van der Waals surface area contributed by atoms with Gasteiger partial charge in [-0.1, -0.05) is 0 Å².